The summed E-state index contributed by atoms with van der Waals surface area (Å²) in [6.45, 7) is 5.66. The van der Waals surface area contributed by atoms with Gasteiger partial charge in [-0.3, -0.25) is 0 Å². The standard InChI is InChI=1S/C22H32O4/c1-4-6-9-17(5-2)14-25-21-12-13-22(26-16-18(23)15-24-3)20-11-8-7-10-19(20)21/h7-8,10-13,17-18,23H,4-6,9,14-16H2,1-3H3. The van der Waals surface area contributed by atoms with Gasteiger partial charge in [0.15, 0.2) is 0 Å². The van der Waals surface area contributed by atoms with E-state index in [1.807, 2.05) is 30.3 Å². The van der Waals surface area contributed by atoms with E-state index in [4.69, 9.17) is 14.2 Å². The molecule has 4 heteroatoms. The Morgan fingerprint density at radius 1 is 0.885 bits per heavy atom. The van der Waals surface area contributed by atoms with Crippen LogP contribution in [0.2, 0.25) is 0 Å². The zero-order valence-electron chi connectivity index (χ0n) is 16.2. The third kappa shape index (κ3) is 5.89. The second-order valence-electron chi connectivity index (χ2n) is 6.76. The Hall–Kier alpha value is -1.78. The molecule has 0 spiro atoms. The van der Waals surface area contributed by atoms with Gasteiger partial charge in [0.2, 0.25) is 0 Å². The first kappa shape index (κ1) is 20.5. The predicted octanol–water partition coefficient (Wildman–Crippen LogP) is 4.82. The summed E-state index contributed by atoms with van der Waals surface area (Å²) in [4.78, 5) is 0. The van der Waals surface area contributed by atoms with Crippen molar-refractivity contribution in [3.05, 3.63) is 36.4 Å². The Balaban J connectivity index is 2.10. The summed E-state index contributed by atoms with van der Waals surface area (Å²) < 4.78 is 16.9. The lowest BCUT2D eigenvalue weighted by atomic mass is 10.0. The Labute approximate surface area is 157 Å². The van der Waals surface area contributed by atoms with Crippen LogP contribution in [-0.2, 0) is 4.74 Å². The van der Waals surface area contributed by atoms with Gasteiger partial charge in [-0.05, 0) is 24.5 Å². The van der Waals surface area contributed by atoms with Gasteiger partial charge in [0.05, 0.1) is 13.2 Å². The molecule has 0 aliphatic heterocycles. The summed E-state index contributed by atoms with van der Waals surface area (Å²) in [5, 5.41) is 11.8. The fraction of sp³-hybridized carbons (Fsp3) is 0.545. The van der Waals surface area contributed by atoms with Crippen molar-refractivity contribution in [3.63, 3.8) is 0 Å². The van der Waals surface area contributed by atoms with E-state index < -0.39 is 6.10 Å². The van der Waals surface area contributed by atoms with E-state index in [0.717, 1.165) is 35.3 Å². The molecule has 1 N–H and O–H groups in total. The number of benzene rings is 2. The SMILES string of the molecule is CCCCC(CC)COc1ccc(OCC(O)COC)c2ccccc12. The van der Waals surface area contributed by atoms with Gasteiger partial charge in [0.1, 0.15) is 24.2 Å². The number of fused-ring (bicyclic) bond motifs is 1. The number of methoxy groups -OCH3 is 1. The van der Waals surface area contributed by atoms with E-state index in [2.05, 4.69) is 19.9 Å². The molecule has 0 saturated carbocycles. The first-order valence-electron chi connectivity index (χ1n) is 9.63. The van der Waals surface area contributed by atoms with Crippen LogP contribution in [0.5, 0.6) is 11.5 Å². The van der Waals surface area contributed by atoms with Crippen molar-refractivity contribution in [2.75, 3.05) is 26.9 Å². The number of hydrogen-bond acceptors (Lipinski definition) is 4. The molecule has 144 valence electrons. The van der Waals surface area contributed by atoms with Crippen molar-refractivity contribution in [1.29, 1.82) is 0 Å². The van der Waals surface area contributed by atoms with Crippen molar-refractivity contribution in [1.82, 2.24) is 0 Å². The van der Waals surface area contributed by atoms with Crippen LogP contribution in [0.25, 0.3) is 10.8 Å². The maximum absolute atomic E-state index is 9.81. The van der Waals surface area contributed by atoms with Crippen molar-refractivity contribution in [2.45, 2.75) is 45.6 Å². The highest BCUT2D eigenvalue weighted by atomic mass is 16.5. The molecule has 0 amide bonds. The Morgan fingerprint density at radius 2 is 1.50 bits per heavy atom. The van der Waals surface area contributed by atoms with Crippen LogP contribution < -0.4 is 9.47 Å². The first-order chi connectivity index (χ1) is 12.7. The minimum atomic E-state index is -0.640. The van der Waals surface area contributed by atoms with Gasteiger partial charge in [-0.2, -0.15) is 0 Å². The van der Waals surface area contributed by atoms with Gasteiger partial charge >= 0.3 is 0 Å². The predicted molar refractivity (Wildman–Crippen MR) is 106 cm³/mol. The van der Waals surface area contributed by atoms with Crippen molar-refractivity contribution >= 4 is 10.8 Å². The molecule has 0 aromatic heterocycles. The number of hydrogen-bond donors (Lipinski definition) is 1. The van der Waals surface area contributed by atoms with Crippen molar-refractivity contribution in [2.24, 2.45) is 5.92 Å². The normalized spacial score (nSPS) is 13.5. The molecule has 0 aliphatic rings. The lowest BCUT2D eigenvalue weighted by Crippen LogP contribution is -2.22. The van der Waals surface area contributed by atoms with E-state index in [9.17, 15) is 5.11 Å². The maximum atomic E-state index is 9.81. The fourth-order valence-corrected chi connectivity index (χ4v) is 3.03. The van der Waals surface area contributed by atoms with Crippen molar-refractivity contribution < 1.29 is 19.3 Å². The fourth-order valence-electron chi connectivity index (χ4n) is 3.03. The molecule has 0 saturated heterocycles. The smallest absolute Gasteiger partial charge is 0.127 e. The van der Waals surface area contributed by atoms with Crippen LogP contribution >= 0.6 is 0 Å². The third-order valence-electron chi connectivity index (χ3n) is 4.65. The monoisotopic (exact) mass is 360 g/mol. The number of rotatable bonds is 12. The van der Waals surface area contributed by atoms with E-state index in [0.29, 0.717) is 5.92 Å². The van der Waals surface area contributed by atoms with E-state index in [-0.39, 0.29) is 13.2 Å². The van der Waals surface area contributed by atoms with Crippen LogP contribution in [0.4, 0.5) is 0 Å². The lowest BCUT2D eigenvalue weighted by Gasteiger charge is -2.18. The molecule has 0 radical (unpaired) electrons. The minimum Gasteiger partial charge on any atom is -0.493 e. The molecular weight excluding hydrogens is 328 g/mol. The molecule has 2 atom stereocenters. The van der Waals surface area contributed by atoms with Gasteiger partial charge in [-0.15, -0.1) is 0 Å². The summed E-state index contributed by atoms with van der Waals surface area (Å²) in [6.07, 6.45) is 4.18. The van der Waals surface area contributed by atoms with Crippen LogP contribution in [0.3, 0.4) is 0 Å². The molecular formula is C22H32O4. The summed E-state index contributed by atoms with van der Waals surface area (Å²) in [7, 11) is 1.56. The molecule has 2 aromatic rings. The highest BCUT2D eigenvalue weighted by Gasteiger charge is 2.12. The second kappa shape index (κ2) is 11.0. The van der Waals surface area contributed by atoms with Crippen LogP contribution in [0.1, 0.15) is 39.5 Å². The van der Waals surface area contributed by atoms with Gasteiger partial charge in [-0.1, -0.05) is 57.4 Å². The Kier molecular flexibility index (Phi) is 8.72. The molecule has 0 fully saturated rings. The molecule has 26 heavy (non-hydrogen) atoms. The van der Waals surface area contributed by atoms with Gasteiger partial charge in [0.25, 0.3) is 0 Å². The molecule has 0 heterocycles. The van der Waals surface area contributed by atoms with E-state index >= 15 is 0 Å². The van der Waals surface area contributed by atoms with Crippen LogP contribution in [0.15, 0.2) is 36.4 Å². The number of ether oxygens (including phenoxy) is 3. The van der Waals surface area contributed by atoms with Crippen LogP contribution in [-0.4, -0.2) is 38.1 Å². The Morgan fingerprint density at radius 3 is 2.04 bits per heavy atom. The molecule has 2 aromatic carbocycles. The highest BCUT2D eigenvalue weighted by molar-refractivity contribution is 5.93. The molecule has 0 aliphatic carbocycles. The zero-order valence-corrected chi connectivity index (χ0v) is 16.2. The quantitative estimate of drug-likeness (QED) is 0.589. The summed E-state index contributed by atoms with van der Waals surface area (Å²) in [5.41, 5.74) is 0. The van der Waals surface area contributed by atoms with Gasteiger partial charge < -0.3 is 19.3 Å². The van der Waals surface area contributed by atoms with Crippen LogP contribution in [0, 0.1) is 5.92 Å². The third-order valence-corrected chi connectivity index (χ3v) is 4.65. The first-order valence-corrected chi connectivity index (χ1v) is 9.63. The summed E-state index contributed by atoms with van der Waals surface area (Å²) >= 11 is 0. The van der Waals surface area contributed by atoms with E-state index in [1.165, 1.54) is 19.3 Å². The van der Waals surface area contributed by atoms with Gasteiger partial charge in [-0.25, -0.2) is 0 Å². The zero-order chi connectivity index (χ0) is 18.8. The average Bonchev–Trinajstić information content (AvgIpc) is 2.67. The molecule has 4 nitrogen and oxygen atoms in total. The van der Waals surface area contributed by atoms with Crippen molar-refractivity contribution in [3.8, 4) is 11.5 Å². The number of aliphatic hydroxyl groups excluding tert-OH is 1. The largest absolute Gasteiger partial charge is 0.493 e. The number of unbranched alkanes of at least 4 members (excludes halogenated alkanes) is 1. The van der Waals surface area contributed by atoms with Gasteiger partial charge in [0, 0.05) is 17.9 Å². The lowest BCUT2D eigenvalue weighted by molar-refractivity contribution is 0.0329. The summed E-state index contributed by atoms with van der Waals surface area (Å²) in [6, 6.07) is 12.0. The average molecular weight is 360 g/mol. The Bertz CT molecular complexity index is 656. The number of aliphatic hydroxyl groups is 1. The topological polar surface area (TPSA) is 47.9 Å². The highest BCUT2D eigenvalue weighted by Crippen LogP contribution is 2.33. The summed E-state index contributed by atoms with van der Waals surface area (Å²) in [5.74, 6) is 2.23. The molecule has 2 unspecified atom stereocenters. The minimum absolute atomic E-state index is 0.201. The molecule has 2 rings (SSSR count). The van der Waals surface area contributed by atoms with E-state index in [1.54, 1.807) is 7.11 Å². The molecule has 0 bridgehead atoms. The maximum Gasteiger partial charge on any atom is 0.127 e. The second-order valence-corrected chi connectivity index (χ2v) is 6.76.